The Bertz CT molecular complexity index is 490. The summed E-state index contributed by atoms with van der Waals surface area (Å²) >= 11 is 1.71. The highest BCUT2D eigenvalue weighted by Gasteiger charge is 2.10. The summed E-state index contributed by atoms with van der Waals surface area (Å²) in [5.41, 5.74) is 3.36. The number of aryl methyl sites for hydroxylation is 1. The van der Waals surface area contributed by atoms with Crippen molar-refractivity contribution < 1.29 is 4.39 Å². The van der Waals surface area contributed by atoms with Crippen LogP contribution in [0.4, 0.5) is 4.39 Å². The molecule has 3 heteroatoms. The molecule has 0 radical (unpaired) electrons. The Labute approximate surface area is 98.9 Å². The van der Waals surface area contributed by atoms with Crippen molar-refractivity contribution in [2.45, 2.75) is 13.5 Å². The molecular formula is C13H14FNS. The minimum absolute atomic E-state index is 0.182. The lowest BCUT2D eigenvalue weighted by Gasteiger charge is -2.05. The van der Waals surface area contributed by atoms with E-state index in [0.29, 0.717) is 0 Å². The first-order valence-corrected chi connectivity index (χ1v) is 6.08. The summed E-state index contributed by atoms with van der Waals surface area (Å²) < 4.78 is 13.2. The van der Waals surface area contributed by atoms with E-state index in [2.05, 4.69) is 17.6 Å². The number of rotatable bonds is 3. The maximum Gasteiger partial charge on any atom is 0.123 e. The van der Waals surface area contributed by atoms with Crippen molar-refractivity contribution in [2.24, 2.45) is 0 Å². The quantitative estimate of drug-likeness (QED) is 0.857. The van der Waals surface area contributed by atoms with Crippen LogP contribution in [-0.2, 0) is 6.54 Å². The average Bonchev–Trinajstić information content (AvgIpc) is 2.60. The van der Waals surface area contributed by atoms with Crippen LogP contribution < -0.4 is 5.32 Å². The van der Waals surface area contributed by atoms with Gasteiger partial charge in [0.25, 0.3) is 0 Å². The molecule has 0 unspecified atom stereocenters. The molecule has 1 nitrogen and oxygen atoms in total. The van der Waals surface area contributed by atoms with Crippen molar-refractivity contribution in [3.05, 3.63) is 45.9 Å². The number of hydrogen-bond donors (Lipinski definition) is 1. The maximum atomic E-state index is 13.2. The van der Waals surface area contributed by atoms with Crippen LogP contribution in [0.15, 0.2) is 29.6 Å². The lowest BCUT2D eigenvalue weighted by atomic mass is 10.0. The second-order valence-corrected chi connectivity index (χ2v) is 4.82. The zero-order valence-corrected chi connectivity index (χ0v) is 10.2. The standard InChI is InChI=1S/C13H14FNS/c1-9-13(11(7-15-2)8-16-9)10-4-3-5-12(14)6-10/h3-6,8,15H,7H2,1-2H3. The highest BCUT2D eigenvalue weighted by molar-refractivity contribution is 7.10. The Kier molecular flexibility index (Phi) is 3.36. The molecule has 1 heterocycles. The molecule has 0 saturated heterocycles. The van der Waals surface area contributed by atoms with Crippen LogP contribution in [-0.4, -0.2) is 7.05 Å². The van der Waals surface area contributed by atoms with Crippen molar-refractivity contribution in [1.82, 2.24) is 5.32 Å². The molecule has 0 atom stereocenters. The molecule has 0 bridgehead atoms. The topological polar surface area (TPSA) is 12.0 Å². The molecule has 1 aromatic carbocycles. The Balaban J connectivity index is 2.50. The number of benzene rings is 1. The minimum Gasteiger partial charge on any atom is -0.316 e. The third kappa shape index (κ3) is 2.15. The Hall–Kier alpha value is -1.19. The molecular weight excluding hydrogens is 221 g/mol. The second kappa shape index (κ2) is 4.76. The third-order valence-corrected chi connectivity index (χ3v) is 3.49. The van der Waals surface area contributed by atoms with Crippen molar-refractivity contribution in [3.63, 3.8) is 0 Å². The zero-order valence-electron chi connectivity index (χ0n) is 9.38. The fourth-order valence-corrected chi connectivity index (χ4v) is 2.74. The Morgan fingerprint density at radius 3 is 2.88 bits per heavy atom. The first kappa shape index (κ1) is 11.3. The molecule has 0 aliphatic rings. The smallest absolute Gasteiger partial charge is 0.123 e. The maximum absolute atomic E-state index is 13.2. The van der Waals surface area contributed by atoms with Crippen LogP contribution in [0, 0.1) is 12.7 Å². The molecule has 0 fully saturated rings. The molecule has 0 saturated carbocycles. The van der Waals surface area contributed by atoms with Gasteiger partial charge in [-0.05, 0) is 48.2 Å². The highest BCUT2D eigenvalue weighted by Crippen LogP contribution is 2.32. The molecule has 0 spiro atoms. The largest absolute Gasteiger partial charge is 0.316 e. The van der Waals surface area contributed by atoms with Crippen molar-refractivity contribution >= 4 is 11.3 Å². The predicted octanol–water partition coefficient (Wildman–Crippen LogP) is 3.58. The molecule has 84 valence electrons. The Morgan fingerprint density at radius 2 is 2.19 bits per heavy atom. The van der Waals surface area contributed by atoms with Gasteiger partial charge in [0.2, 0.25) is 0 Å². The molecule has 2 rings (SSSR count). The van der Waals surface area contributed by atoms with E-state index in [1.165, 1.54) is 22.1 Å². The van der Waals surface area contributed by atoms with Crippen LogP contribution in [0.3, 0.4) is 0 Å². The van der Waals surface area contributed by atoms with Gasteiger partial charge in [-0.25, -0.2) is 4.39 Å². The van der Waals surface area contributed by atoms with Gasteiger partial charge in [-0.15, -0.1) is 11.3 Å². The summed E-state index contributed by atoms with van der Waals surface area (Å²) in [7, 11) is 1.92. The monoisotopic (exact) mass is 235 g/mol. The van der Waals surface area contributed by atoms with E-state index in [0.717, 1.165) is 12.1 Å². The third-order valence-electron chi connectivity index (χ3n) is 2.53. The fourth-order valence-electron chi connectivity index (χ4n) is 1.86. The average molecular weight is 235 g/mol. The fraction of sp³-hybridized carbons (Fsp3) is 0.231. The molecule has 1 aromatic heterocycles. The lowest BCUT2D eigenvalue weighted by molar-refractivity contribution is 0.628. The van der Waals surface area contributed by atoms with Gasteiger partial charge in [0.1, 0.15) is 5.82 Å². The van der Waals surface area contributed by atoms with Crippen LogP contribution in [0.1, 0.15) is 10.4 Å². The van der Waals surface area contributed by atoms with Crippen molar-refractivity contribution in [1.29, 1.82) is 0 Å². The SMILES string of the molecule is CNCc1csc(C)c1-c1cccc(F)c1. The number of nitrogens with one attached hydrogen (secondary N) is 1. The Morgan fingerprint density at radius 1 is 1.38 bits per heavy atom. The van der Waals surface area contributed by atoms with Gasteiger partial charge in [0.05, 0.1) is 0 Å². The molecule has 2 aromatic rings. The van der Waals surface area contributed by atoms with Gasteiger partial charge in [0.15, 0.2) is 0 Å². The number of thiophene rings is 1. The summed E-state index contributed by atoms with van der Waals surface area (Å²) in [6, 6.07) is 6.78. The summed E-state index contributed by atoms with van der Waals surface area (Å²) in [5.74, 6) is -0.182. The van der Waals surface area contributed by atoms with Gasteiger partial charge >= 0.3 is 0 Å². The first-order chi connectivity index (χ1) is 7.72. The van der Waals surface area contributed by atoms with Crippen LogP contribution in [0.2, 0.25) is 0 Å². The van der Waals surface area contributed by atoms with E-state index >= 15 is 0 Å². The van der Waals surface area contributed by atoms with Gasteiger partial charge < -0.3 is 5.32 Å². The molecule has 0 amide bonds. The minimum atomic E-state index is -0.182. The van der Waals surface area contributed by atoms with Crippen LogP contribution in [0.5, 0.6) is 0 Å². The number of halogens is 1. The zero-order chi connectivity index (χ0) is 11.5. The van der Waals surface area contributed by atoms with Crippen molar-refractivity contribution in [3.8, 4) is 11.1 Å². The predicted molar refractivity (Wildman–Crippen MR) is 67.2 cm³/mol. The molecule has 16 heavy (non-hydrogen) atoms. The number of hydrogen-bond acceptors (Lipinski definition) is 2. The van der Waals surface area contributed by atoms with Crippen molar-refractivity contribution in [2.75, 3.05) is 7.05 Å². The summed E-state index contributed by atoms with van der Waals surface area (Å²) in [6.45, 7) is 2.89. The lowest BCUT2D eigenvalue weighted by Crippen LogP contribution is -2.05. The molecule has 0 aliphatic heterocycles. The highest BCUT2D eigenvalue weighted by atomic mass is 32.1. The van der Waals surface area contributed by atoms with Gasteiger partial charge in [-0.2, -0.15) is 0 Å². The summed E-state index contributed by atoms with van der Waals surface area (Å²) in [5, 5.41) is 5.27. The van der Waals surface area contributed by atoms with Gasteiger partial charge in [-0.1, -0.05) is 12.1 Å². The first-order valence-electron chi connectivity index (χ1n) is 5.20. The van der Waals surface area contributed by atoms with E-state index < -0.39 is 0 Å². The van der Waals surface area contributed by atoms with Crippen LogP contribution >= 0.6 is 11.3 Å². The van der Waals surface area contributed by atoms with E-state index in [9.17, 15) is 4.39 Å². The van der Waals surface area contributed by atoms with E-state index in [4.69, 9.17) is 0 Å². The summed E-state index contributed by atoms with van der Waals surface area (Å²) in [4.78, 5) is 1.23. The molecule has 1 N–H and O–H groups in total. The summed E-state index contributed by atoms with van der Waals surface area (Å²) in [6.07, 6.45) is 0. The normalized spacial score (nSPS) is 10.7. The van der Waals surface area contributed by atoms with Gasteiger partial charge in [0, 0.05) is 11.4 Å². The van der Waals surface area contributed by atoms with Gasteiger partial charge in [-0.3, -0.25) is 0 Å². The van der Waals surface area contributed by atoms with E-state index in [1.807, 2.05) is 13.1 Å². The van der Waals surface area contributed by atoms with E-state index in [-0.39, 0.29) is 5.82 Å². The van der Waals surface area contributed by atoms with E-state index in [1.54, 1.807) is 23.5 Å². The second-order valence-electron chi connectivity index (χ2n) is 3.73. The van der Waals surface area contributed by atoms with Crippen LogP contribution in [0.25, 0.3) is 11.1 Å². The molecule has 0 aliphatic carbocycles.